The number of aryl methyl sites for hydroxylation is 2. The fourth-order valence-electron chi connectivity index (χ4n) is 1.94. The Kier molecular flexibility index (Phi) is 3.92. The zero-order valence-electron chi connectivity index (χ0n) is 10.9. The summed E-state index contributed by atoms with van der Waals surface area (Å²) in [6.07, 6.45) is 5.83. The molecule has 2 rings (SSSR count). The van der Waals surface area contributed by atoms with Crippen LogP contribution >= 0.6 is 0 Å². The SMILES string of the molecule is CCCc1ccc(C(=O)Cn2cc(C)cn2)cc1. The lowest BCUT2D eigenvalue weighted by atomic mass is 10.1. The second-order valence-electron chi connectivity index (χ2n) is 4.59. The summed E-state index contributed by atoms with van der Waals surface area (Å²) in [5.41, 5.74) is 3.10. The van der Waals surface area contributed by atoms with Crippen molar-refractivity contribution >= 4 is 5.78 Å². The Labute approximate surface area is 107 Å². The number of ketones is 1. The molecule has 0 fully saturated rings. The summed E-state index contributed by atoms with van der Waals surface area (Å²) in [6, 6.07) is 7.88. The summed E-state index contributed by atoms with van der Waals surface area (Å²) in [6.45, 7) is 4.42. The Bertz CT molecular complexity index is 526. The molecule has 3 heteroatoms. The van der Waals surface area contributed by atoms with Crippen LogP contribution in [0.2, 0.25) is 0 Å². The van der Waals surface area contributed by atoms with Gasteiger partial charge in [0.25, 0.3) is 0 Å². The van der Waals surface area contributed by atoms with E-state index in [2.05, 4.69) is 12.0 Å². The maximum absolute atomic E-state index is 12.0. The minimum atomic E-state index is 0.0983. The normalized spacial score (nSPS) is 10.6. The molecule has 0 aliphatic heterocycles. The molecule has 0 saturated heterocycles. The van der Waals surface area contributed by atoms with Crippen molar-refractivity contribution in [1.82, 2.24) is 9.78 Å². The third-order valence-electron chi connectivity index (χ3n) is 2.88. The molecule has 0 atom stereocenters. The van der Waals surface area contributed by atoms with E-state index in [0.717, 1.165) is 24.0 Å². The summed E-state index contributed by atoms with van der Waals surface area (Å²) in [7, 11) is 0. The molecule has 1 heterocycles. The van der Waals surface area contributed by atoms with Crippen molar-refractivity contribution in [2.45, 2.75) is 33.2 Å². The largest absolute Gasteiger partial charge is 0.292 e. The Hall–Kier alpha value is -1.90. The Morgan fingerprint density at radius 1 is 1.28 bits per heavy atom. The highest BCUT2D eigenvalue weighted by Crippen LogP contribution is 2.08. The van der Waals surface area contributed by atoms with Crippen molar-refractivity contribution in [3.05, 3.63) is 53.3 Å². The third-order valence-corrected chi connectivity index (χ3v) is 2.88. The fraction of sp³-hybridized carbons (Fsp3) is 0.333. The van der Waals surface area contributed by atoms with Crippen LogP contribution in [0.3, 0.4) is 0 Å². The smallest absolute Gasteiger partial charge is 0.184 e. The molecule has 0 aliphatic rings. The van der Waals surface area contributed by atoms with Crippen LogP contribution in [0.4, 0.5) is 0 Å². The Balaban J connectivity index is 2.04. The van der Waals surface area contributed by atoms with Gasteiger partial charge in [-0.1, -0.05) is 37.6 Å². The maximum atomic E-state index is 12.0. The monoisotopic (exact) mass is 242 g/mol. The first-order valence-corrected chi connectivity index (χ1v) is 6.30. The molecular formula is C15H18N2O. The van der Waals surface area contributed by atoms with Crippen LogP contribution in [-0.4, -0.2) is 15.6 Å². The number of nitrogens with zero attached hydrogens (tertiary/aromatic N) is 2. The number of hydrogen-bond donors (Lipinski definition) is 0. The molecular weight excluding hydrogens is 224 g/mol. The number of rotatable bonds is 5. The van der Waals surface area contributed by atoms with Gasteiger partial charge in [0.2, 0.25) is 0 Å². The number of carbonyl (C=O) groups is 1. The van der Waals surface area contributed by atoms with Gasteiger partial charge in [0.15, 0.2) is 5.78 Å². The van der Waals surface area contributed by atoms with Gasteiger partial charge in [0.1, 0.15) is 6.54 Å². The van der Waals surface area contributed by atoms with E-state index in [-0.39, 0.29) is 5.78 Å². The van der Waals surface area contributed by atoms with Crippen molar-refractivity contribution < 1.29 is 4.79 Å². The lowest BCUT2D eigenvalue weighted by Gasteiger charge is -2.03. The Morgan fingerprint density at radius 3 is 2.56 bits per heavy atom. The minimum absolute atomic E-state index is 0.0983. The lowest BCUT2D eigenvalue weighted by molar-refractivity contribution is 0.0967. The van der Waals surface area contributed by atoms with Crippen molar-refractivity contribution in [2.75, 3.05) is 0 Å². The van der Waals surface area contributed by atoms with E-state index in [9.17, 15) is 4.79 Å². The van der Waals surface area contributed by atoms with Gasteiger partial charge in [-0.2, -0.15) is 5.10 Å². The maximum Gasteiger partial charge on any atom is 0.184 e. The molecule has 94 valence electrons. The van der Waals surface area contributed by atoms with Crippen LogP contribution in [0, 0.1) is 6.92 Å². The van der Waals surface area contributed by atoms with Crippen LogP contribution in [-0.2, 0) is 13.0 Å². The summed E-state index contributed by atoms with van der Waals surface area (Å²) in [4.78, 5) is 12.0. The van der Waals surface area contributed by atoms with Gasteiger partial charge < -0.3 is 0 Å². The Morgan fingerprint density at radius 2 is 2.00 bits per heavy atom. The molecule has 0 radical (unpaired) electrons. The molecule has 1 aromatic carbocycles. The average Bonchev–Trinajstić information content (AvgIpc) is 2.76. The van der Waals surface area contributed by atoms with Crippen LogP contribution in [0.1, 0.15) is 34.8 Å². The van der Waals surface area contributed by atoms with E-state index < -0.39 is 0 Å². The minimum Gasteiger partial charge on any atom is -0.292 e. The van der Waals surface area contributed by atoms with Crippen molar-refractivity contribution in [2.24, 2.45) is 0 Å². The highest BCUT2D eigenvalue weighted by atomic mass is 16.1. The van der Waals surface area contributed by atoms with E-state index in [1.165, 1.54) is 5.56 Å². The topological polar surface area (TPSA) is 34.9 Å². The molecule has 0 N–H and O–H groups in total. The lowest BCUT2D eigenvalue weighted by Crippen LogP contribution is -2.10. The molecule has 0 unspecified atom stereocenters. The number of Topliss-reactive ketones (excluding diaryl/α,β-unsaturated/α-hetero) is 1. The van der Waals surface area contributed by atoms with Gasteiger partial charge >= 0.3 is 0 Å². The van der Waals surface area contributed by atoms with Crippen LogP contribution in [0.25, 0.3) is 0 Å². The summed E-state index contributed by atoms with van der Waals surface area (Å²) >= 11 is 0. The van der Waals surface area contributed by atoms with Gasteiger partial charge in [0, 0.05) is 11.8 Å². The van der Waals surface area contributed by atoms with Crippen LogP contribution in [0.5, 0.6) is 0 Å². The van der Waals surface area contributed by atoms with Gasteiger partial charge in [-0.05, 0) is 24.5 Å². The standard InChI is InChI=1S/C15H18N2O/c1-3-4-13-5-7-14(8-6-13)15(18)11-17-10-12(2)9-16-17/h5-10H,3-4,11H2,1-2H3. The van der Waals surface area contributed by atoms with E-state index in [1.54, 1.807) is 10.9 Å². The highest BCUT2D eigenvalue weighted by Gasteiger charge is 2.07. The van der Waals surface area contributed by atoms with Gasteiger partial charge in [0.05, 0.1) is 6.20 Å². The molecule has 0 spiro atoms. The fourth-order valence-corrected chi connectivity index (χ4v) is 1.94. The van der Waals surface area contributed by atoms with E-state index in [0.29, 0.717) is 6.54 Å². The molecule has 2 aromatic rings. The second kappa shape index (κ2) is 5.63. The van der Waals surface area contributed by atoms with Crippen LogP contribution < -0.4 is 0 Å². The molecule has 0 bridgehead atoms. The number of hydrogen-bond acceptors (Lipinski definition) is 2. The van der Waals surface area contributed by atoms with E-state index >= 15 is 0 Å². The summed E-state index contributed by atoms with van der Waals surface area (Å²) in [5, 5.41) is 4.12. The third kappa shape index (κ3) is 3.06. The quantitative estimate of drug-likeness (QED) is 0.755. The highest BCUT2D eigenvalue weighted by molar-refractivity contribution is 5.95. The molecule has 0 aliphatic carbocycles. The zero-order valence-corrected chi connectivity index (χ0v) is 10.9. The summed E-state index contributed by atoms with van der Waals surface area (Å²) < 4.78 is 1.68. The first-order chi connectivity index (χ1) is 8.69. The zero-order chi connectivity index (χ0) is 13.0. The van der Waals surface area contributed by atoms with Gasteiger partial charge in [-0.15, -0.1) is 0 Å². The number of benzene rings is 1. The molecule has 18 heavy (non-hydrogen) atoms. The van der Waals surface area contributed by atoms with Crippen LogP contribution in [0.15, 0.2) is 36.7 Å². The van der Waals surface area contributed by atoms with Crippen molar-refractivity contribution in [3.63, 3.8) is 0 Å². The molecule has 0 amide bonds. The predicted octanol–water partition coefficient (Wildman–Crippen LogP) is 3.03. The molecule has 1 aromatic heterocycles. The summed E-state index contributed by atoms with van der Waals surface area (Å²) in [5.74, 6) is 0.0983. The van der Waals surface area contributed by atoms with E-state index in [1.807, 2.05) is 37.4 Å². The van der Waals surface area contributed by atoms with Crippen molar-refractivity contribution in [1.29, 1.82) is 0 Å². The number of carbonyl (C=O) groups excluding carboxylic acids is 1. The number of aromatic nitrogens is 2. The average molecular weight is 242 g/mol. The molecule has 3 nitrogen and oxygen atoms in total. The first kappa shape index (κ1) is 12.6. The van der Waals surface area contributed by atoms with Gasteiger partial charge in [-0.3, -0.25) is 9.48 Å². The molecule has 0 saturated carbocycles. The predicted molar refractivity (Wildman–Crippen MR) is 71.7 cm³/mol. The first-order valence-electron chi connectivity index (χ1n) is 6.30. The second-order valence-corrected chi connectivity index (χ2v) is 4.59. The van der Waals surface area contributed by atoms with Gasteiger partial charge in [-0.25, -0.2) is 0 Å². The van der Waals surface area contributed by atoms with Crippen molar-refractivity contribution in [3.8, 4) is 0 Å². The van der Waals surface area contributed by atoms with E-state index in [4.69, 9.17) is 0 Å².